The molecule has 36 heavy (non-hydrogen) atoms. The van der Waals surface area contributed by atoms with Gasteiger partial charge in [0.1, 0.15) is 0 Å². The standard InChI is InChI=1S/C28H28N4O3.CH4/c1-4-24(23-10-5-6-11-30-23)32-16-22(20-9-7-8-19(12-20)13-26(34)35)28-25(32)14-21(15-31-28)27(17(2)29)18(3)33;/h5-12,14-16,24H,4,13,29H2,1-3H3,(H,34,35);1H4/t24-;/m0./s1. The maximum Gasteiger partial charge on any atom is 0.307 e. The zero-order chi connectivity index (χ0) is 25.1. The van der Waals surface area contributed by atoms with Gasteiger partial charge in [-0.2, -0.15) is 0 Å². The molecule has 0 aliphatic heterocycles. The van der Waals surface area contributed by atoms with E-state index in [0.29, 0.717) is 22.4 Å². The van der Waals surface area contributed by atoms with Gasteiger partial charge in [-0.1, -0.05) is 44.7 Å². The second-order valence-electron chi connectivity index (χ2n) is 8.61. The lowest BCUT2D eigenvalue weighted by molar-refractivity contribution is -0.136. The van der Waals surface area contributed by atoms with Crippen LogP contribution in [-0.4, -0.2) is 31.4 Å². The number of allylic oxidation sites excluding steroid dienone is 2. The van der Waals surface area contributed by atoms with Crippen LogP contribution in [0.5, 0.6) is 0 Å². The number of aromatic nitrogens is 3. The summed E-state index contributed by atoms with van der Waals surface area (Å²) < 4.78 is 2.14. The third-order valence-electron chi connectivity index (χ3n) is 6.05. The van der Waals surface area contributed by atoms with Crippen LogP contribution in [0, 0.1) is 0 Å². The number of carbonyl (C=O) groups is 2. The summed E-state index contributed by atoms with van der Waals surface area (Å²) in [6.07, 6.45) is 6.22. The fourth-order valence-electron chi connectivity index (χ4n) is 4.59. The summed E-state index contributed by atoms with van der Waals surface area (Å²) in [6, 6.07) is 15.2. The number of aliphatic carboxylic acids is 1. The molecule has 0 aliphatic carbocycles. The molecule has 0 amide bonds. The van der Waals surface area contributed by atoms with E-state index in [-0.39, 0.29) is 25.7 Å². The maximum atomic E-state index is 12.3. The molecule has 0 fully saturated rings. The number of carboxylic acid groups (broad SMARTS) is 1. The molecular weight excluding hydrogens is 452 g/mol. The minimum atomic E-state index is -0.880. The largest absolute Gasteiger partial charge is 0.481 e. The van der Waals surface area contributed by atoms with E-state index >= 15 is 0 Å². The lowest BCUT2D eigenvalue weighted by Crippen LogP contribution is -2.11. The molecular formula is C29H32N4O3. The normalized spacial score (nSPS) is 12.5. The zero-order valence-electron chi connectivity index (χ0n) is 20.0. The third-order valence-corrected chi connectivity index (χ3v) is 6.05. The molecule has 0 radical (unpaired) electrons. The molecule has 3 heterocycles. The van der Waals surface area contributed by atoms with E-state index in [4.69, 9.17) is 10.7 Å². The first-order valence-corrected chi connectivity index (χ1v) is 11.5. The highest BCUT2D eigenvalue weighted by molar-refractivity contribution is 6.20. The Balaban J connectivity index is 0.00000361. The fraction of sp³-hybridized carbons (Fsp3) is 0.241. The number of carboxylic acids is 1. The van der Waals surface area contributed by atoms with Crippen LogP contribution in [0.4, 0.5) is 0 Å². The second-order valence-corrected chi connectivity index (χ2v) is 8.61. The second kappa shape index (κ2) is 11.0. The van der Waals surface area contributed by atoms with Crippen molar-refractivity contribution in [1.29, 1.82) is 0 Å². The van der Waals surface area contributed by atoms with E-state index in [1.165, 1.54) is 6.92 Å². The number of fused-ring (bicyclic) bond motifs is 1. The highest BCUT2D eigenvalue weighted by Crippen LogP contribution is 2.35. The van der Waals surface area contributed by atoms with Crippen LogP contribution in [0.2, 0.25) is 0 Å². The number of Topliss-reactive ketones (excluding diaryl/α,β-unsaturated/α-hetero) is 1. The zero-order valence-corrected chi connectivity index (χ0v) is 20.0. The summed E-state index contributed by atoms with van der Waals surface area (Å²) >= 11 is 0. The van der Waals surface area contributed by atoms with E-state index in [1.807, 2.05) is 48.7 Å². The molecule has 1 aromatic carbocycles. The van der Waals surface area contributed by atoms with Crippen LogP contribution in [0.3, 0.4) is 0 Å². The van der Waals surface area contributed by atoms with Crippen molar-refractivity contribution in [2.45, 2.75) is 47.1 Å². The minimum Gasteiger partial charge on any atom is -0.481 e. The van der Waals surface area contributed by atoms with Gasteiger partial charge >= 0.3 is 5.97 Å². The Morgan fingerprint density at radius 1 is 1.08 bits per heavy atom. The van der Waals surface area contributed by atoms with E-state index in [1.54, 1.807) is 25.4 Å². The van der Waals surface area contributed by atoms with Gasteiger partial charge in [-0.05, 0) is 49.6 Å². The van der Waals surface area contributed by atoms with Crippen molar-refractivity contribution in [1.82, 2.24) is 14.5 Å². The van der Waals surface area contributed by atoms with Crippen LogP contribution in [-0.2, 0) is 16.0 Å². The van der Waals surface area contributed by atoms with Gasteiger partial charge in [-0.3, -0.25) is 19.6 Å². The lowest BCUT2D eigenvalue weighted by Gasteiger charge is -2.18. The predicted molar refractivity (Wildman–Crippen MR) is 143 cm³/mol. The number of benzene rings is 1. The van der Waals surface area contributed by atoms with Crippen LogP contribution in [0.25, 0.3) is 27.7 Å². The van der Waals surface area contributed by atoms with Gasteiger partial charge < -0.3 is 15.4 Å². The van der Waals surface area contributed by atoms with E-state index < -0.39 is 5.97 Å². The average molecular weight is 485 g/mol. The summed E-state index contributed by atoms with van der Waals surface area (Å²) in [5.74, 6) is -1.00. The topological polar surface area (TPSA) is 111 Å². The van der Waals surface area contributed by atoms with E-state index in [0.717, 1.165) is 34.3 Å². The summed E-state index contributed by atoms with van der Waals surface area (Å²) in [6.45, 7) is 5.31. The summed E-state index contributed by atoms with van der Waals surface area (Å²) in [7, 11) is 0. The summed E-state index contributed by atoms with van der Waals surface area (Å²) in [5, 5.41) is 9.24. The monoisotopic (exact) mass is 484 g/mol. The molecule has 7 heteroatoms. The molecule has 3 aromatic heterocycles. The van der Waals surface area contributed by atoms with E-state index in [9.17, 15) is 14.7 Å². The Morgan fingerprint density at radius 2 is 1.86 bits per heavy atom. The van der Waals surface area contributed by atoms with Crippen LogP contribution in [0.15, 0.2) is 72.8 Å². The van der Waals surface area contributed by atoms with Crippen LogP contribution < -0.4 is 5.73 Å². The number of nitrogens with zero attached hydrogens (tertiary/aromatic N) is 3. The van der Waals surface area contributed by atoms with Crippen molar-refractivity contribution in [3.05, 3.63) is 89.6 Å². The Labute approximate surface area is 211 Å². The first-order chi connectivity index (χ1) is 16.8. The fourth-order valence-corrected chi connectivity index (χ4v) is 4.59. The first kappa shape index (κ1) is 26.3. The van der Waals surface area contributed by atoms with Crippen molar-refractivity contribution >= 4 is 28.4 Å². The first-order valence-electron chi connectivity index (χ1n) is 11.5. The van der Waals surface area contributed by atoms with E-state index in [2.05, 4.69) is 16.5 Å². The Kier molecular flexibility index (Phi) is 8.04. The molecule has 4 rings (SSSR count). The molecule has 7 nitrogen and oxygen atoms in total. The van der Waals surface area contributed by atoms with Gasteiger partial charge in [0, 0.05) is 41.0 Å². The number of carbonyl (C=O) groups excluding carboxylic acids is 1. The molecule has 0 saturated heterocycles. The molecule has 0 saturated carbocycles. The predicted octanol–water partition coefficient (Wildman–Crippen LogP) is 5.64. The minimum absolute atomic E-state index is 0. The molecule has 0 unspecified atom stereocenters. The number of ketones is 1. The van der Waals surface area contributed by atoms with Gasteiger partial charge in [0.05, 0.1) is 29.2 Å². The molecule has 0 bridgehead atoms. The Hall–Kier alpha value is -4.26. The van der Waals surface area contributed by atoms with Crippen molar-refractivity contribution in [3.63, 3.8) is 0 Å². The van der Waals surface area contributed by atoms with Crippen LogP contribution >= 0.6 is 0 Å². The highest BCUT2D eigenvalue weighted by Gasteiger charge is 2.21. The molecule has 186 valence electrons. The highest BCUT2D eigenvalue weighted by atomic mass is 16.4. The smallest absolute Gasteiger partial charge is 0.307 e. The Bertz CT molecular complexity index is 1430. The van der Waals surface area contributed by atoms with Gasteiger partial charge in [0.2, 0.25) is 0 Å². The number of rotatable bonds is 8. The quantitative estimate of drug-likeness (QED) is 0.313. The van der Waals surface area contributed by atoms with Crippen molar-refractivity contribution in [2.75, 3.05) is 0 Å². The summed E-state index contributed by atoms with van der Waals surface area (Å²) in [4.78, 5) is 33.0. The Morgan fingerprint density at radius 3 is 2.47 bits per heavy atom. The van der Waals surface area contributed by atoms with Gasteiger partial charge in [0.25, 0.3) is 0 Å². The van der Waals surface area contributed by atoms with Gasteiger partial charge in [-0.25, -0.2) is 0 Å². The lowest BCUT2D eigenvalue weighted by atomic mass is 10.0. The molecule has 0 aliphatic rings. The SMILES string of the molecule is C.CC[C@@H](c1ccccn1)n1cc(-c2cccc(CC(=O)O)c2)c2ncc(C(C(C)=O)=C(C)N)cc21. The molecule has 1 atom stereocenters. The third kappa shape index (κ3) is 5.20. The van der Waals surface area contributed by atoms with Crippen molar-refractivity contribution in [3.8, 4) is 11.1 Å². The molecule has 4 aromatic rings. The van der Waals surface area contributed by atoms with Gasteiger partial charge in [-0.15, -0.1) is 0 Å². The summed E-state index contributed by atoms with van der Waals surface area (Å²) in [5.41, 5.74) is 12.6. The number of hydrogen-bond acceptors (Lipinski definition) is 5. The van der Waals surface area contributed by atoms with Crippen LogP contribution in [0.1, 0.15) is 57.5 Å². The maximum absolute atomic E-state index is 12.3. The number of pyridine rings is 2. The number of nitrogens with two attached hydrogens (primary N) is 1. The van der Waals surface area contributed by atoms with Crippen molar-refractivity contribution < 1.29 is 14.7 Å². The number of hydrogen-bond donors (Lipinski definition) is 2. The van der Waals surface area contributed by atoms with Gasteiger partial charge in [0.15, 0.2) is 5.78 Å². The van der Waals surface area contributed by atoms with Crippen molar-refractivity contribution in [2.24, 2.45) is 5.73 Å². The molecule has 0 spiro atoms. The average Bonchev–Trinajstić information content (AvgIpc) is 3.18. The molecule has 3 N–H and O–H groups in total.